The van der Waals surface area contributed by atoms with Gasteiger partial charge in [-0.05, 0) is 31.2 Å². The summed E-state index contributed by atoms with van der Waals surface area (Å²) in [5, 5.41) is 1.87. The smallest absolute Gasteiger partial charge is 0.424 e. The zero-order valence-electron chi connectivity index (χ0n) is 19.8. The molecule has 1 N–H and O–H groups in total. The van der Waals surface area contributed by atoms with E-state index in [9.17, 15) is 32.3 Å². The standard InChI is InChI=1S/C23H28ClF3N2O6/c1-13(2)18(28-20(32)23(25,26)27)19(31)34-14(3)35-21(33)29(4)22(12-8-7-11-17(22)30)15-9-5-6-10-16(15)24/h5-6,9-10,13-14,18H,7-8,11-12H2,1-4H3,(H,28,32)/t14?,18?,22-/m0/s1. The van der Waals surface area contributed by atoms with Crippen LogP contribution in [-0.4, -0.2) is 54.2 Å². The van der Waals surface area contributed by atoms with Crippen LogP contribution in [0, 0.1) is 5.92 Å². The highest BCUT2D eigenvalue weighted by atomic mass is 35.5. The molecule has 8 nitrogen and oxygen atoms in total. The molecule has 2 unspecified atom stereocenters. The van der Waals surface area contributed by atoms with Crippen LogP contribution in [0.1, 0.15) is 52.0 Å². The Morgan fingerprint density at radius 1 is 1.11 bits per heavy atom. The van der Waals surface area contributed by atoms with E-state index in [1.54, 1.807) is 29.6 Å². The zero-order chi connectivity index (χ0) is 26.6. The second kappa shape index (κ2) is 11.3. The third-order valence-corrected chi connectivity index (χ3v) is 6.16. The summed E-state index contributed by atoms with van der Waals surface area (Å²) in [6.45, 7) is 4.02. The highest BCUT2D eigenvalue weighted by Crippen LogP contribution is 2.42. The number of Topliss-reactive ketones (excluding diaryl/α,β-unsaturated/α-hetero) is 1. The molecular formula is C23H28ClF3N2O6. The molecule has 1 aromatic rings. The highest BCUT2D eigenvalue weighted by Gasteiger charge is 2.49. The summed E-state index contributed by atoms with van der Waals surface area (Å²) in [7, 11) is 1.36. The zero-order valence-corrected chi connectivity index (χ0v) is 20.5. The van der Waals surface area contributed by atoms with Crippen LogP contribution < -0.4 is 5.32 Å². The molecule has 0 radical (unpaired) electrons. The van der Waals surface area contributed by atoms with Crippen molar-refractivity contribution in [3.63, 3.8) is 0 Å². The Kier molecular flexibility index (Phi) is 9.16. The van der Waals surface area contributed by atoms with Gasteiger partial charge in [0.1, 0.15) is 11.6 Å². The fourth-order valence-electron chi connectivity index (χ4n) is 3.99. The fourth-order valence-corrected chi connectivity index (χ4v) is 4.28. The molecule has 1 aliphatic rings. The lowest BCUT2D eigenvalue weighted by atomic mass is 9.74. The molecule has 0 saturated heterocycles. The second-order valence-electron chi connectivity index (χ2n) is 8.61. The summed E-state index contributed by atoms with van der Waals surface area (Å²) in [4.78, 5) is 50.9. The van der Waals surface area contributed by atoms with E-state index in [0.29, 0.717) is 29.8 Å². The number of ketones is 1. The van der Waals surface area contributed by atoms with E-state index in [-0.39, 0.29) is 12.2 Å². The number of halogens is 4. The first-order valence-corrected chi connectivity index (χ1v) is 11.4. The number of likely N-dealkylation sites (N-methyl/N-ethyl adjacent to an activating group) is 1. The summed E-state index contributed by atoms with van der Waals surface area (Å²) in [6.07, 6.45) is -5.88. The Hall–Kier alpha value is -2.82. The Labute approximate surface area is 206 Å². The van der Waals surface area contributed by atoms with Gasteiger partial charge in [0, 0.05) is 31.0 Å². The first-order chi connectivity index (χ1) is 16.2. The molecular weight excluding hydrogens is 493 g/mol. The van der Waals surface area contributed by atoms with Crippen LogP contribution in [0.2, 0.25) is 5.02 Å². The summed E-state index contributed by atoms with van der Waals surface area (Å²) in [6, 6.07) is 5.00. The monoisotopic (exact) mass is 520 g/mol. The SMILES string of the molecule is CC(OC(=O)C(NC(=O)C(F)(F)F)C(C)C)OC(=O)N(C)[C@]1(c2ccccc2Cl)CCCCC1=O. The van der Waals surface area contributed by atoms with Crippen molar-refractivity contribution in [2.45, 2.75) is 70.5 Å². The minimum Gasteiger partial charge on any atom is -0.424 e. The minimum absolute atomic E-state index is 0.225. The lowest BCUT2D eigenvalue weighted by Crippen LogP contribution is -2.55. The van der Waals surface area contributed by atoms with Gasteiger partial charge in [-0.1, -0.05) is 43.6 Å². The van der Waals surface area contributed by atoms with Crippen LogP contribution in [-0.2, 0) is 29.4 Å². The van der Waals surface area contributed by atoms with Crippen LogP contribution >= 0.6 is 11.6 Å². The predicted molar refractivity (Wildman–Crippen MR) is 119 cm³/mol. The molecule has 35 heavy (non-hydrogen) atoms. The van der Waals surface area contributed by atoms with Crippen LogP contribution in [0.4, 0.5) is 18.0 Å². The number of nitrogens with one attached hydrogen (secondary N) is 1. The summed E-state index contributed by atoms with van der Waals surface area (Å²) < 4.78 is 48.0. The van der Waals surface area contributed by atoms with E-state index in [4.69, 9.17) is 21.1 Å². The third kappa shape index (κ3) is 6.45. The first kappa shape index (κ1) is 28.4. The van der Waals surface area contributed by atoms with Gasteiger partial charge in [-0.15, -0.1) is 0 Å². The molecule has 1 saturated carbocycles. The number of rotatable bonds is 7. The molecule has 0 bridgehead atoms. The van der Waals surface area contributed by atoms with Crippen molar-refractivity contribution in [2.75, 3.05) is 7.05 Å². The quantitative estimate of drug-likeness (QED) is 0.424. The van der Waals surface area contributed by atoms with Crippen molar-refractivity contribution >= 4 is 35.4 Å². The molecule has 0 aliphatic heterocycles. The average Bonchev–Trinajstić information content (AvgIpc) is 2.76. The molecule has 1 fully saturated rings. The van der Waals surface area contributed by atoms with Crippen molar-refractivity contribution in [2.24, 2.45) is 5.92 Å². The molecule has 1 aromatic carbocycles. The summed E-state index contributed by atoms with van der Waals surface area (Å²) >= 11 is 6.36. The van der Waals surface area contributed by atoms with Gasteiger partial charge >= 0.3 is 24.1 Å². The van der Waals surface area contributed by atoms with Crippen LogP contribution in [0.25, 0.3) is 0 Å². The maximum atomic E-state index is 13.1. The summed E-state index contributed by atoms with van der Waals surface area (Å²) in [5.41, 5.74) is -0.955. The number of hydrogen-bond acceptors (Lipinski definition) is 6. The van der Waals surface area contributed by atoms with Gasteiger partial charge in [0.25, 0.3) is 0 Å². The lowest BCUT2D eigenvalue weighted by molar-refractivity contribution is -0.181. The van der Waals surface area contributed by atoms with Crippen LogP contribution in [0.3, 0.4) is 0 Å². The van der Waals surface area contributed by atoms with Gasteiger partial charge in [-0.25, -0.2) is 9.59 Å². The van der Waals surface area contributed by atoms with Crippen LogP contribution in [0.5, 0.6) is 0 Å². The van der Waals surface area contributed by atoms with E-state index in [0.717, 1.165) is 4.90 Å². The topological polar surface area (TPSA) is 102 Å². The number of hydrogen-bond donors (Lipinski definition) is 1. The number of nitrogens with zero attached hydrogens (tertiary/aromatic N) is 1. The molecule has 0 aromatic heterocycles. The molecule has 12 heteroatoms. The fraction of sp³-hybridized carbons (Fsp3) is 0.565. The summed E-state index contributed by atoms with van der Waals surface area (Å²) in [5.74, 6) is -4.48. The number of amides is 2. The highest BCUT2D eigenvalue weighted by molar-refractivity contribution is 6.31. The van der Waals surface area contributed by atoms with Crippen molar-refractivity contribution in [3.8, 4) is 0 Å². The van der Waals surface area contributed by atoms with E-state index in [1.165, 1.54) is 27.8 Å². The van der Waals surface area contributed by atoms with E-state index >= 15 is 0 Å². The number of ether oxygens (including phenoxy) is 2. The van der Waals surface area contributed by atoms with Gasteiger partial charge in [0.15, 0.2) is 5.78 Å². The van der Waals surface area contributed by atoms with Crippen molar-refractivity contribution in [1.29, 1.82) is 0 Å². The molecule has 2 rings (SSSR count). The van der Waals surface area contributed by atoms with Crippen molar-refractivity contribution in [3.05, 3.63) is 34.9 Å². The van der Waals surface area contributed by atoms with Crippen molar-refractivity contribution in [1.82, 2.24) is 10.2 Å². The molecule has 0 heterocycles. The number of esters is 1. The van der Waals surface area contributed by atoms with Crippen LogP contribution in [0.15, 0.2) is 24.3 Å². The lowest BCUT2D eigenvalue weighted by Gasteiger charge is -2.43. The molecule has 194 valence electrons. The number of carbonyl (C=O) groups excluding carboxylic acids is 4. The number of benzene rings is 1. The Morgan fingerprint density at radius 2 is 1.74 bits per heavy atom. The first-order valence-electron chi connectivity index (χ1n) is 11.0. The van der Waals surface area contributed by atoms with Gasteiger partial charge in [-0.2, -0.15) is 13.2 Å². The average molecular weight is 521 g/mol. The van der Waals surface area contributed by atoms with Gasteiger partial charge in [0.2, 0.25) is 6.29 Å². The second-order valence-corrected chi connectivity index (χ2v) is 9.02. The predicted octanol–water partition coefficient (Wildman–Crippen LogP) is 4.34. The molecule has 1 aliphatic carbocycles. The maximum Gasteiger partial charge on any atom is 0.471 e. The van der Waals surface area contributed by atoms with E-state index in [2.05, 4.69) is 0 Å². The largest absolute Gasteiger partial charge is 0.471 e. The van der Waals surface area contributed by atoms with Gasteiger partial charge < -0.3 is 14.8 Å². The Morgan fingerprint density at radius 3 is 2.29 bits per heavy atom. The van der Waals surface area contributed by atoms with Crippen molar-refractivity contribution < 1.29 is 41.8 Å². The Bertz CT molecular complexity index is 971. The van der Waals surface area contributed by atoms with Gasteiger partial charge in [0.05, 0.1) is 0 Å². The minimum atomic E-state index is -5.19. The number of alkyl halides is 3. The van der Waals surface area contributed by atoms with E-state index in [1.807, 2.05) is 0 Å². The number of carbonyl (C=O) groups is 4. The molecule has 3 atom stereocenters. The normalized spacial score (nSPS) is 20.1. The molecule has 0 spiro atoms. The third-order valence-electron chi connectivity index (χ3n) is 5.83. The van der Waals surface area contributed by atoms with Gasteiger partial charge in [-0.3, -0.25) is 14.5 Å². The molecule has 2 amide bonds. The maximum absolute atomic E-state index is 13.1. The van der Waals surface area contributed by atoms with E-state index < -0.39 is 47.9 Å². The Balaban J connectivity index is 2.18.